The smallest absolute Gasteiger partial charge is 0.161 e. The Balaban J connectivity index is 2.38. The van der Waals surface area contributed by atoms with E-state index in [0.29, 0.717) is 6.54 Å². The van der Waals surface area contributed by atoms with E-state index >= 15 is 0 Å². The summed E-state index contributed by atoms with van der Waals surface area (Å²) in [4.78, 5) is 1.02. The Bertz CT molecular complexity index is 424. The van der Waals surface area contributed by atoms with Gasteiger partial charge in [-0.25, -0.2) is 0 Å². The number of hydrogen-bond donors (Lipinski definition) is 1. The number of ether oxygens (including phenoxy) is 1. The Morgan fingerprint density at radius 1 is 1.50 bits per heavy atom. The topological polar surface area (TPSA) is 61.0 Å². The molecule has 2 N–H and O–H groups in total. The van der Waals surface area contributed by atoms with Gasteiger partial charge in [0.1, 0.15) is 15.6 Å². The van der Waals surface area contributed by atoms with E-state index in [-0.39, 0.29) is 0 Å². The average molecular weight is 227 g/mol. The summed E-state index contributed by atoms with van der Waals surface area (Å²) in [6.45, 7) is 0.436. The number of rotatable bonds is 3. The number of methoxy groups -OCH3 is 1. The maximum absolute atomic E-state index is 5.47. The first kappa shape index (κ1) is 9.57. The fraction of sp³-hybridized carbons (Fsp3) is 0.250. The molecule has 0 fully saturated rings. The highest BCUT2D eigenvalue weighted by Gasteiger charge is 2.12. The van der Waals surface area contributed by atoms with Gasteiger partial charge in [-0.1, -0.05) is 11.3 Å². The zero-order valence-corrected chi connectivity index (χ0v) is 9.19. The zero-order valence-electron chi connectivity index (χ0n) is 7.56. The second-order valence-electron chi connectivity index (χ2n) is 2.52. The summed E-state index contributed by atoms with van der Waals surface area (Å²) < 4.78 is 5.20. The molecule has 2 aromatic heterocycles. The molecule has 0 atom stereocenters. The Morgan fingerprint density at radius 3 is 3.00 bits per heavy atom. The van der Waals surface area contributed by atoms with Crippen LogP contribution in [-0.4, -0.2) is 17.3 Å². The van der Waals surface area contributed by atoms with E-state index in [1.165, 1.54) is 11.3 Å². The SMILES string of the molecule is COc1ccsc1-c1nnc(CN)s1. The molecule has 2 heterocycles. The average Bonchev–Trinajstić information content (AvgIpc) is 2.85. The fourth-order valence-corrected chi connectivity index (χ4v) is 2.71. The van der Waals surface area contributed by atoms with Crippen LogP contribution in [0, 0.1) is 0 Å². The van der Waals surface area contributed by atoms with Gasteiger partial charge >= 0.3 is 0 Å². The summed E-state index contributed by atoms with van der Waals surface area (Å²) in [7, 11) is 1.65. The Kier molecular flexibility index (Phi) is 2.76. The second kappa shape index (κ2) is 4.04. The van der Waals surface area contributed by atoms with Crippen molar-refractivity contribution in [1.29, 1.82) is 0 Å². The molecule has 0 radical (unpaired) electrons. The van der Waals surface area contributed by atoms with Crippen LogP contribution in [0.25, 0.3) is 9.88 Å². The first-order valence-corrected chi connectivity index (χ1v) is 5.69. The van der Waals surface area contributed by atoms with Gasteiger partial charge in [0.2, 0.25) is 0 Å². The number of thiophene rings is 1. The molecule has 6 heteroatoms. The second-order valence-corrected chi connectivity index (χ2v) is 4.50. The molecule has 0 aliphatic carbocycles. The van der Waals surface area contributed by atoms with Gasteiger partial charge in [-0.3, -0.25) is 0 Å². The summed E-state index contributed by atoms with van der Waals surface area (Å²) in [6, 6.07) is 1.92. The molecule has 2 aromatic rings. The molecule has 0 unspecified atom stereocenters. The summed E-state index contributed by atoms with van der Waals surface area (Å²) >= 11 is 3.10. The van der Waals surface area contributed by atoms with Crippen LogP contribution in [0.5, 0.6) is 5.75 Å². The number of aromatic nitrogens is 2. The highest BCUT2D eigenvalue weighted by molar-refractivity contribution is 7.21. The van der Waals surface area contributed by atoms with Gasteiger partial charge in [-0.2, -0.15) is 0 Å². The molecule has 0 aliphatic rings. The number of nitrogens with zero attached hydrogens (tertiary/aromatic N) is 2. The van der Waals surface area contributed by atoms with Crippen molar-refractivity contribution in [2.24, 2.45) is 5.73 Å². The maximum atomic E-state index is 5.47. The number of hydrogen-bond acceptors (Lipinski definition) is 6. The molecule has 14 heavy (non-hydrogen) atoms. The van der Waals surface area contributed by atoms with Crippen molar-refractivity contribution in [2.45, 2.75) is 6.54 Å². The normalized spacial score (nSPS) is 10.4. The highest BCUT2D eigenvalue weighted by Crippen LogP contribution is 2.36. The van der Waals surface area contributed by atoms with E-state index in [9.17, 15) is 0 Å². The molecule has 0 bridgehead atoms. The van der Waals surface area contributed by atoms with Crippen molar-refractivity contribution in [3.63, 3.8) is 0 Å². The van der Waals surface area contributed by atoms with Crippen LogP contribution in [0.1, 0.15) is 5.01 Å². The molecule has 0 aromatic carbocycles. The highest BCUT2D eigenvalue weighted by atomic mass is 32.1. The lowest BCUT2D eigenvalue weighted by Gasteiger charge is -1.96. The van der Waals surface area contributed by atoms with E-state index in [1.807, 2.05) is 11.4 Å². The minimum absolute atomic E-state index is 0.436. The van der Waals surface area contributed by atoms with Crippen molar-refractivity contribution in [3.8, 4) is 15.6 Å². The maximum Gasteiger partial charge on any atom is 0.161 e. The Hall–Kier alpha value is -0.980. The van der Waals surface area contributed by atoms with Crippen molar-refractivity contribution in [3.05, 3.63) is 16.5 Å². The molecular formula is C8H9N3OS2. The van der Waals surface area contributed by atoms with Crippen LogP contribution in [0.3, 0.4) is 0 Å². The summed E-state index contributed by atoms with van der Waals surface area (Å²) in [5.74, 6) is 0.842. The molecule has 74 valence electrons. The van der Waals surface area contributed by atoms with Crippen LogP contribution < -0.4 is 10.5 Å². The van der Waals surface area contributed by atoms with Gasteiger partial charge in [-0.05, 0) is 11.4 Å². The van der Waals surface area contributed by atoms with Gasteiger partial charge in [0, 0.05) is 6.54 Å². The van der Waals surface area contributed by atoms with E-state index in [0.717, 1.165) is 20.6 Å². The molecule has 0 saturated carbocycles. The van der Waals surface area contributed by atoms with E-state index in [1.54, 1.807) is 18.4 Å². The lowest BCUT2D eigenvalue weighted by atomic mass is 10.4. The Labute approximate surface area is 89.4 Å². The van der Waals surface area contributed by atoms with E-state index in [4.69, 9.17) is 10.5 Å². The standard InChI is InChI=1S/C8H9N3OS2/c1-12-5-2-3-13-7(5)8-11-10-6(4-9)14-8/h2-3H,4,9H2,1H3. The third-order valence-electron chi connectivity index (χ3n) is 1.68. The van der Waals surface area contributed by atoms with Crippen molar-refractivity contribution in [2.75, 3.05) is 7.11 Å². The molecule has 2 rings (SSSR count). The molecule has 4 nitrogen and oxygen atoms in total. The first-order valence-electron chi connectivity index (χ1n) is 3.99. The van der Waals surface area contributed by atoms with Crippen molar-refractivity contribution >= 4 is 22.7 Å². The minimum Gasteiger partial charge on any atom is -0.495 e. The van der Waals surface area contributed by atoms with E-state index < -0.39 is 0 Å². The summed E-state index contributed by atoms with van der Waals surface area (Å²) in [5.41, 5.74) is 5.47. The van der Waals surface area contributed by atoms with Crippen molar-refractivity contribution in [1.82, 2.24) is 10.2 Å². The van der Waals surface area contributed by atoms with Gasteiger partial charge in [0.25, 0.3) is 0 Å². The van der Waals surface area contributed by atoms with Crippen LogP contribution in [0.15, 0.2) is 11.4 Å². The lowest BCUT2D eigenvalue weighted by Crippen LogP contribution is -1.94. The quantitative estimate of drug-likeness (QED) is 0.867. The van der Waals surface area contributed by atoms with Crippen LogP contribution in [0.2, 0.25) is 0 Å². The van der Waals surface area contributed by atoms with Gasteiger partial charge in [-0.15, -0.1) is 21.5 Å². The van der Waals surface area contributed by atoms with Crippen LogP contribution in [0.4, 0.5) is 0 Å². The molecule has 0 amide bonds. The largest absolute Gasteiger partial charge is 0.495 e. The summed E-state index contributed by atoms with van der Waals surface area (Å²) in [5, 5.41) is 11.7. The monoisotopic (exact) mass is 227 g/mol. The molecule has 0 aliphatic heterocycles. The molecular weight excluding hydrogens is 218 g/mol. The summed E-state index contributed by atoms with van der Waals surface area (Å²) in [6.07, 6.45) is 0. The number of nitrogens with two attached hydrogens (primary N) is 1. The van der Waals surface area contributed by atoms with E-state index in [2.05, 4.69) is 10.2 Å². The predicted molar refractivity (Wildman–Crippen MR) is 57.7 cm³/mol. The van der Waals surface area contributed by atoms with Gasteiger partial charge < -0.3 is 10.5 Å². The molecule has 0 spiro atoms. The van der Waals surface area contributed by atoms with Gasteiger partial charge in [0.15, 0.2) is 5.01 Å². The third-order valence-corrected chi connectivity index (χ3v) is 3.68. The van der Waals surface area contributed by atoms with Crippen LogP contribution in [-0.2, 0) is 6.54 Å². The fourth-order valence-electron chi connectivity index (χ4n) is 1.04. The Morgan fingerprint density at radius 2 is 2.36 bits per heavy atom. The minimum atomic E-state index is 0.436. The molecule has 0 saturated heterocycles. The first-order chi connectivity index (χ1) is 6.85. The predicted octanol–water partition coefficient (Wildman–Crippen LogP) is 1.73. The van der Waals surface area contributed by atoms with Crippen LogP contribution >= 0.6 is 22.7 Å². The third kappa shape index (κ3) is 1.63. The van der Waals surface area contributed by atoms with Gasteiger partial charge in [0.05, 0.1) is 7.11 Å². The van der Waals surface area contributed by atoms with Crippen molar-refractivity contribution < 1.29 is 4.74 Å². The lowest BCUT2D eigenvalue weighted by molar-refractivity contribution is 0.418. The zero-order chi connectivity index (χ0) is 9.97.